The van der Waals surface area contributed by atoms with E-state index < -0.39 is 0 Å². The van der Waals surface area contributed by atoms with Crippen LogP contribution in [-0.4, -0.2) is 43.2 Å². The first-order valence-electron chi connectivity index (χ1n) is 6.81. The molecule has 2 unspecified atom stereocenters. The Morgan fingerprint density at radius 1 is 1.47 bits per heavy atom. The molecule has 4 nitrogen and oxygen atoms in total. The molecule has 1 saturated heterocycles. The molecule has 1 fully saturated rings. The third kappa shape index (κ3) is 3.33. The summed E-state index contributed by atoms with van der Waals surface area (Å²) in [7, 11) is 0. The Hall–Kier alpha value is -1.39. The van der Waals surface area contributed by atoms with Gasteiger partial charge < -0.3 is 15.3 Å². The van der Waals surface area contributed by atoms with E-state index in [-0.39, 0.29) is 18.4 Å². The summed E-state index contributed by atoms with van der Waals surface area (Å²) < 4.78 is 0. The zero-order valence-corrected chi connectivity index (χ0v) is 11.6. The lowest BCUT2D eigenvalue weighted by molar-refractivity contribution is 0.101. The maximum absolute atomic E-state index is 11.5. The normalized spacial score (nSPS) is 24.1. The first kappa shape index (κ1) is 14.0. The fourth-order valence-corrected chi connectivity index (χ4v) is 2.54. The van der Waals surface area contributed by atoms with Gasteiger partial charge in [0.2, 0.25) is 0 Å². The highest BCUT2D eigenvalue weighted by atomic mass is 16.3. The van der Waals surface area contributed by atoms with Crippen LogP contribution in [0.25, 0.3) is 0 Å². The molecule has 0 aliphatic carbocycles. The molecule has 4 heteroatoms. The molecule has 1 aromatic rings. The minimum absolute atomic E-state index is 0.0622. The average Bonchev–Trinajstić information content (AvgIpc) is 2.60. The van der Waals surface area contributed by atoms with Crippen LogP contribution in [0.4, 0.5) is 5.69 Å². The molecule has 2 rings (SSSR count). The van der Waals surface area contributed by atoms with E-state index in [1.54, 1.807) is 6.92 Å². The second-order valence-electron chi connectivity index (χ2n) is 5.36. The van der Waals surface area contributed by atoms with Crippen LogP contribution in [0.5, 0.6) is 0 Å². The minimum Gasteiger partial charge on any atom is -0.394 e. The third-order valence-corrected chi connectivity index (χ3v) is 3.62. The molecule has 0 aromatic heterocycles. The third-order valence-electron chi connectivity index (χ3n) is 3.62. The van der Waals surface area contributed by atoms with Crippen molar-refractivity contribution in [1.82, 2.24) is 5.32 Å². The Labute approximate surface area is 114 Å². The van der Waals surface area contributed by atoms with E-state index in [9.17, 15) is 9.90 Å². The second-order valence-corrected chi connectivity index (χ2v) is 5.36. The number of anilines is 1. The van der Waals surface area contributed by atoms with Gasteiger partial charge in [-0.05, 0) is 31.5 Å². The van der Waals surface area contributed by atoms with E-state index in [0.29, 0.717) is 5.92 Å². The zero-order valence-electron chi connectivity index (χ0n) is 11.6. The van der Waals surface area contributed by atoms with Gasteiger partial charge in [-0.1, -0.05) is 19.1 Å². The topological polar surface area (TPSA) is 52.6 Å². The molecule has 1 aromatic carbocycles. The van der Waals surface area contributed by atoms with E-state index in [2.05, 4.69) is 17.1 Å². The first-order chi connectivity index (χ1) is 9.11. The molecular weight excluding hydrogens is 240 g/mol. The molecule has 2 atom stereocenters. The highest BCUT2D eigenvalue weighted by molar-refractivity contribution is 5.95. The van der Waals surface area contributed by atoms with E-state index >= 15 is 0 Å². The van der Waals surface area contributed by atoms with Crippen molar-refractivity contribution in [3.63, 3.8) is 0 Å². The van der Waals surface area contributed by atoms with Gasteiger partial charge in [0, 0.05) is 24.3 Å². The first-order valence-corrected chi connectivity index (χ1v) is 6.81. The van der Waals surface area contributed by atoms with Crippen molar-refractivity contribution in [3.8, 4) is 0 Å². The smallest absolute Gasteiger partial charge is 0.159 e. The number of rotatable bonds is 3. The summed E-state index contributed by atoms with van der Waals surface area (Å²) in [6.07, 6.45) is 0. The molecule has 1 heterocycles. The van der Waals surface area contributed by atoms with Gasteiger partial charge in [0.1, 0.15) is 0 Å². The van der Waals surface area contributed by atoms with Crippen molar-refractivity contribution >= 4 is 11.5 Å². The lowest BCUT2D eigenvalue weighted by atomic mass is 10.1. The van der Waals surface area contributed by atoms with Gasteiger partial charge >= 0.3 is 0 Å². The molecule has 0 radical (unpaired) electrons. The van der Waals surface area contributed by atoms with Crippen LogP contribution in [0.1, 0.15) is 24.2 Å². The van der Waals surface area contributed by atoms with Crippen molar-refractivity contribution in [2.24, 2.45) is 5.92 Å². The van der Waals surface area contributed by atoms with Gasteiger partial charge in [0.15, 0.2) is 5.78 Å². The van der Waals surface area contributed by atoms with Gasteiger partial charge in [0.25, 0.3) is 0 Å². The predicted molar refractivity (Wildman–Crippen MR) is 76.7 cm³/mol. The van der Waals surface area contributed by atoms with Crippen LogP contribution in [0, 0.1) is 5.92 Å². The number of carbonyl (C=O) groups excluding carboxylic acids is 1. The maximum atomic E-state index is 11.5. The number of hydrogen-bond donors (Lipinski definition) is 2. The van der Waals surface area contributed by atoms with Crippen LogP contribution in [-0.2, 0) is 0 Å². The number of nitrogens with one attached hydrogen (secondary N) is 1. The fourth-order valence-electron chi connectivity index (χ4n) is 2.54. The number of ketones is 1. The SMILES string of the molecule is CC(=O)c1cccc(N2CC(C)CNCC2CO)c1. The number of benzene rings is 1. The Balaban J connectivity index is 2.30. The zero-order chi connectivity index (χ0) is 13.8. The molecule has 1 aliphatic rings. The maximum Gasteiger partial charge on any atom is 0.159 e. The molecule has 0 bridgehead atoms. The largest absolute Gasteiger partial charge is 0.394 e. The van der Waals surface area contributed by atoms with Gasteiger partial charge in [-0.25, -0.2) is 0 Å². The Kier molecular flexibility index (Phi) is 4.56. The number of hydrogen-bond acceptors (Lipinski definition) is 4. The lowest BCUT2D eigenvalue weighted by Gasteiger charge is -2.32. The standard InChI is InChI=1S/C15H22N2O2/c1-11-7-16-8-15(10-18)17(9-11)14-5-3-4-13(6-14)12(2)19/h3-6,11,15-16,18H,7-10H2,1-2H3. The number of aliphatic hydroxyl groups excluding tert-OH is 1. The summed E-state index contributed by atoms with van der Waals surface area (Å²) in [5, 5.41) is 12.9. The van der Waals surface area contributed by atoms with Crippen molar-refractivity contribution in [2.45, 2.75) is 19.9 Å². The molecule has 104 valence electrons. The van der Waals surface area contributed by atoms with E-state index in [4.69, 9.17) is 0 Å². The van der Waals surface area contributed by atoms with Crippen LogP contribution in [0.15, 0.2) is 24.3 Å². The molecule has 1 aliphatic heterocycles. The Bertz CT molecular complexity index is 448. The number of nitrogens with zero attached hydrogens (tertiary/aromatic N) is 1. The number of carbonyl (C=O) groups is 1. The van der Waals surface area contributed by atoms with Crippen molar-refractivity contribution < 1.29 is 9.90 Å². The summed E-state index contributed by atoms with van der Waals surface area (Å²) in [4.78, 5) is 13.7. The summed E-state index contributed by atoms with van der Waals surface area (Å²) in [6.45, 7) is 6.50. The number of Topliss-reactive ketones (excluding diaryl/α,β-unsaturated/α-hetero) is 1. The molecule has 0 spiro atoms. The highest BCUT2D eigenvalue weighted by Gasteiger charge is 2.23. The summed E-state index contributed by atoms with van der Waals surface area (Å²) in [5.74, 6) is 0.584. The van der Waals surface area contributed by atoms with Crippen molar-refractivity contribution in [3.05, 3.63) is 29.8 Å². The Morgan fingerprint density at radius 3 is 2.95 bits per heavy atom. The van der Waals surface area contributed by atoms with Crippen LogP contribution in [0.3, 0.4) is 0 Å². The molecule has 2 N–H and O–H groups in total. The highest BCUT2D eigenvalue weighted by Crippen LogP contribution is 2.21. The monoisotopic (exact) mass is 262 g/mol. The van der Waals surface area contributed by atoms with Crippen LogP contribution >= 0.6 is 0 Å². The number of aliphatic hydroxyl groups is 1. The minimum atomic E-state index is 0.0622. The van der Waals surface area contributed by atoms with Crippen LogP contribution in [0.2, 0.25) is 0 Å². The van der Waals surface area contributed by atoms with Gasteiger partial charge in [-0.3, -0.25) is 4.79 Å². The van der Waals surface area contributed by atoms with Crippen LogP contribution < -0.4 is 10.2 Å². The second kappa shape index (κ2) is 6.17. The van der Waals surface area contributed by atoms with Gasteiger partial charge in [-0.2, -0.15) is 0 Å². The summed E-state index contributed by atoms with van der Waals surface area (Å²) in [5.41, 5.74) is 1.74. The van der Waals surface area contributed by atoms with Crippen molar-refractivity contribution in [1.29, 1.82) is 0 Å². The molecular formula is C15H22N2O2. The van der Waals surface area contributed by atoms with Gasteiger partial charge in [-0.15, -0.1) is 0 Å². The van der Waals surface area contributed by atoms with E-state index in [0.717, 1.165) is 30.9 Å². The molecule has 0 saturated carbocycles. The Morgan fingerprint density at radius 2 is 2.26 bits per heavy atom. The lowest BCUT2D eigenvalue weighted by Crippen LogP contribution is -2.43. The van der Waals surface area contributed by atoms with E-state index in [1.165, 1.54) is 0 Å². The molecule has 0 amide bonds. The average molecular weight is 262 g/mol. The summed E-state index contributed by atoms with van der Waals surface area (Å²) in [6, 6.07) is 7.73. The summed E-state index contributed by atoms with van der Waals surface area (Å²) >= 11 is 0. The fraction of sp³-hybridized carbons (Fsp3) is 0.533. The quantitative estimate of drug-likeness (QED) is 0.806. The molecule has 19 heavy (non-hydrogen) atoms. The van der Waals surface area contributed by atoms with Crippen molar-refractivity contribution in [2.75, 3.05) is 31.1 Å². The predicted octanol–water partition coefficient (Wildman–Crippen LogP) is 1.30. The van der Waals surface area contributed by atoms with E-state index in [1.807, 2.05) is 24.3 Å². The van der Waals surface area contributed by atoms with Gasteiger partial charge in [0.05, 0.1) is 12.6 Å².